The van der Waals surface area contributed by atoms with E-state index >= 15 is 0 Å². The number of nitrogens with zero attached hydrogens (tertiary/aromatic N) is 2. The zero-order chi connectivity index (χ0) is 15.2. The van der Waals surface area contributed by atoms with Crippen LogP contribution < -0.4 is 10.6 Å². The molecular weight excluding hydrogens is 296 g/mol. The molecule has 2 N–H and O–H groups in total. The van der Waals surface area contributed by atoms with Crippen LogP contribution in [0.3, 0.4) is 0 Å². The molecule has 0 atom stereocenters. The first-order valence-corrected chi connectivity index (χ1v) is 7.47. The summed E-state index contributed by atoms with van der Waals surface area (Å²) in [7, 11) is 0. The van der Waals surface area contributed by atoms with Crippen molar-refractivity contribution in [3.05, 3.63) is 70.9 Å². The number of aromatic nitrogens is 2. The zero-order valence-electron chi connectivity index (χ0n) is 11.5. The first kappa shape index (κ1) is 14.0. The molecule has 6 heteroatoms. The standard InChI is InChI=1S/C16H12N4OS/c21-15(18-10-12-4-2-1-3-5-12)14-11-22-16(20-14)19-13-6-8-17-9-7-13/h1-2,4,6-9,11H,10H2,(H,18,21)(H,17,19,20). The Morgan fingerprint density at radius 1 is 1.32 bits per heavy atom. The van der Waals surface area contributed by atoms with Gasteiger partial charge in [-0.25, -0.2) is 4.98 Å². The second kappa shape index (κ2) is 6.70. The highest BCUT2D eigenvalue weighted by molar-refractivity contribution is 7.14. The number of thiazole rings is 1. The molecule has 0 aromatic carbocycles. The lowest BCUT2D eigenvalue weighted by Crippen LogP contribution is -2.25. The summed E-state index contributed by atoms with van der Waals surface area (Å²) in [5, 5.41) is 8.32. The van der Waals surface area contributed by atoms with E-state index in [0.717, 1.165) is 11.3 Å². The molecule has 0 saturated carbocycles. The Bertz CT molecular complexity index is 810. The maximum Gasteiger partial charge on any atom is 0.271 e. The quantitative estimate of drug-likeness (QED) is 0.834. The minimum Gasteiger partial charge on any atom is -0.346 e. The van der Waals surface area contributed by atoms with Crippen molar-refractivity contribution in [2.75, 3.05) is 11.9 Å². The highest BCUT2D eigenvalue weighted by Gasteiger charge is 2.10. The van der Waals surface area contributed by atoms with Crippen LogP contribution in [-0.2, 0) is 0 Å². The number of hydrogen-bond donors (Lipinski definition) is 2. The van der Waals surface area contributed by atoms with Crippen molar-refractivity contribution in [3.63, 3.8) is 0 Å². The van der Waals surface area contributed by atoms with Gasteiger partial charge in [0.2, 0.25) is 0 Å². The summed E-state index contributed by atoms with van der Waals surface area (Å²) < 4.78 is 0. The van der Waals surface area contributed by atoms with Crippen molar-refractivity contribution in [2.24, 2.45) is 0 Å². The van der Waals surface area contributed by atoms with E-state index in [1.165, 1.54) is 11.3 Å². The summed E-state index contributed by atoms with van der Waals surface area (Å²) in [4.78, 5) is 20.3. The average Bonchev–Trinajstić information content (AvgIpc) is 3.03. The van der Waals surface area contributed by atoms with Gasteiger partial charge < -0.3 is 10.6 Å². The van der Waals surface area contributed by atoms with Gasteiger partial charge in [0.1, 0.15) is 5.69 Å². The maximum absolute atomic E-state index is 12.1. The molecule has 0 bridgehead atoms. The smallest absolute Gasteiger partial charge is 0.271 e. The molecule has 5 nitrogen and oxygen atoms in total. The number of hydrogen-bond acceptors (Lipinski definition) is 5. The molecule has 2 heterocycles. The van der Waals surface area contributed by atoms with Crippen molar-refractivity contribution in [1.82, 2.24) is 15.3 Å². The molecule has 0 fully saturated rings. The Labute approximate surface area is 131 Å². The van der Waals surface area contributed by atoms with Gasteiger partial charge >= 0.3 is 0 Å². The molecule has 1 aliphatic carbocycles. The molecule has 0 saturated heterocycles. The third-order valence-electron chi connectivity index (χ3n) is 2.82. The minimum absolute atomic E-state index is 0.212. The van der Waals surface area contributed by atoms with Crippen molar-refractivity contribution in [3.8, 4) is 0 Å². The second-order valence-electron chi connectivity index (χ2n) is 4.40. The SMILES string of the molecule is O=C(NCC1=C=C=CC=C1)c1csc(Nc2ccncc2)n1. The van der Waals surface area contributed by atoms with Crippen LogP contribution >= 0.6 is 11.3 Å². The van der Waals surface area contributed by atoms with Gasteiger partial charge in [-0.3, -0.25) is 9.78 Å². The van der Waals surface area contributed by atoms with Crippen molar-refractivity contribution in [2.45, 2.75) is 0 Å². The molecule has 0 radical (unpaired) electrons. The number of nitrogens with one attached hydrogen (secondary N) is 2. The number of pyridine rings is 1. The number of allylic oxidation sites excluding steroid dienone is 2. The van der Waals surface area contributed by atoms with Gasteiger partial charge in [0.05, 0.1) is 6.54 Å². The van der Waals surface area contributed by atoms with Gasteiger partial charge in [-0.1, -0.05) is 17.5 Å². The van der Waals surface area contributed by atoms with Crippen LogP contribution in [0.4, 0.5) is 10.8 Å². The fourth-order valence-corrected chi connectivity index (χ4v) is 2.46. The van der Waals surface area contributed by atoms with Crippen LogP contribution in [0.25, 0.3) is 0 Å². The fourth-order valence-electron chi connectivity index (χ4n) is 1.75. The molecule has 3 rings (SSSR count). The predicted octanol–water partition coefficient (Wildman–Crippen LogP) is 2.82. The van der Waals surface area contributed by atoms with Gasteiger partial charge in [0.15, 0.2) is 5.13 Å². The van der Waals surface area contributed by atoms with Crippen LogP contribution in [0.2, 0.25) is 0 Å². The Kier molecular flexibility index (Phi) is 4.27. The lowest BCUT2D eigenvalue weighted by atomic mass is 10.2. The monoisotopic (exact) mass is 308 g/mol. The van der Waals surface area contributed by atoms with Crippen LogP contribution in [0.5, 0.6) is 0 Å². The lowest BCUT2D eigenvalue weighted by molar-refractivity contribution is 0.0953. The Hall–Kier alpha value is -2.91. The number of carbonyl (C=O) groups excluding carboxylic acids is 1. The van der Waals surface area contributed by atoms with Gasteiger partial charge in [-0.2, -0.15) is 0 Å². The van der Waals surface area contributed by atoms with Crippen LogP contribution in [0.15, 0.2) is 65.2 Å². The molecule has 0 spiro atoms. The van der Waals surface area contributed by atoms with Crippen molar-refractivity contribution in [1.29, 1.82) is 0 Å². The highest BCUT2D eigenvalue weighted by atomic mass is 32.1. The Balaban J connectivity index is 1.61. The topological polar surface area (TPSA) is 66.9 Å². The van der Waals surface area contributed by atoms with E-state index in [-0.39, 0.29) is 5.91 Å². The summed E-state index contributed by atoms with van der Waals surface area (Å²) in [6, 6.07) is 3.67. The zero-order valence-corrected chi connectivity index (χ0v) is 12.4. The number of rotatable bonds is 5. The molecule has 22 heavy (non-hydrogen) atoms. The minimum atomic E-state index is -0.212. The first-order chi connectivity index (χ1) is 10.8. The summed E-state index contributed by atoms with van der Waals surface area (Å²) in [5.41, 5.74) is 7.93. The predicted molar refractivity (Wildman–Crippen MR) is 86.2 cm³/mol. The van der Waals surface area contributed by atoms with E-state index in [1.807, 2.05) is 24.3 Å². The van der Waals surface area contributed by atoms with E-state index in [9.17, 15) is 4.79 Å². The van der Waals surface area contributed by atoms with Gasteiger partial charge in [-0.05, 0) is 24.3 Å². The highest BCUT2D eigenvalue weighted by Crippen LogP contribution is 2.20. The van der Waals surface area contributed by atoms with Crippen LogP contribution in [0.1, 0.15) is 10.5 Å². The molecule has 0 unspecified atom stereocenters. The van der Waals surface area contributed by atoms with Gasteiger partial charge in [0, 0.05) is 29.0 Å². The molecule has 2 aromatic rings. The summed E-state index contributed by atoms with van der Waals surface area (Å²) in [6.07, 6.45) is 8.89. The largest absolute Gasteiger partial charge is 0.346 e. The Morgan fingerprint density at radius 3 is 2.95 bits per heavy atom. The molecule has 2 aromatic heterocycles. The summed E-state index contributed by atoms with van der Waals surface area (Å²) >= 11 is 1.38. The van der Waals surface area contributed by atoms with E-state index in [0.29, 0.717) is 17.4 Å². The van der Waals surface area contributed by atoms with Gasteiger partial charge in [0.25, 0.3) is 5.91 Å². The molecule has 108 valence electrons. The van der Waals surface area contributed by atoms with E-state index < -0.39 is 0 Å². The maximum atomic E-state index is 12.1. The molecule has 1 amide bonds. The lowest BCUT2D eigenvalue weighted by Gasteiger charge is -2.03. The third kappa shape index (κ3) is 3.59. The normalized spacial score (nSPS) is 12.1. The second-order valence-corrected chi connectivity index (χ2v) is 5.26. The van der Waals surface area contributed by atoms with E-state index in [1.54, 1.807) is 23.8 Å². The van der Waals surface area contributed by atoms with E-state index in [2.05, 4.69) is 32.1 Å². The molecule has 0 aliphatic heterocycles. The third-order valence-corrected chi connectivity index (χ3v) is 3.58. The molecular formula is C16H12N4OS. The van der Waals surface area contributed by atoms with Crippen LogP contribution in [0, 0.1) is 0 Å². The first-order valence-electron chi connectivity index (χ1n) is 6.59. The summed E-state index contributed by atoms with van der Waals surface area (Å²) in [6.45, 7) is 0.404. The number of carbonyl (C=O) groups is 1. The average molecular weight is 308 g/mol. The van der Waals surface area contributed by atoms with Crippen LogP contribution in [-0.4, -0.2) is 22.4 Å². The van der Waals surface area contributed by atoms with Crippen molar-refractivity contribution >= 4 is 28.1 Å². The Morgan fingerprint density at radius 2 is 2.18 bits per heavy atom. The number of anilines is 2. The van der Waals surface area contributed by atoms with Crippen molar-refractivity contribution < 1.29 is 4.79 Å². The van der Waals surface area contributed by atoms with E-state index in [4.69, 9.17) is 0 Å². The molecule has 1 aliphatic rings. The fraction of sp³-hybridized carbons (Fsp3) is 0.0625. The van der Waals surface area contributed by atoms with Gasteiger partial charge in [-0.15, -0.1) is 11.3 Å². The summed E-state index contributed by atoms with van der Waals surface area (Å²) in [5.74, 6) is -0.212. The number of amides is 1.